The summed E-state index contributed by atoms with van der Waals surface area (Å²) in [6.07, 6.45) is 11.9. The zero-order chi connectivity index (χ0) is 24.3. The maximum atomic E-state index is 13.5. The highest BCUT2D eigenvalue weighted by atomic mass is 32.2. The third-order valence-electron chi connectivity index (χ3n) is 9.20. The van der Waals surface area contributed by atoms with E-state index < -0.39 is 10.3 Å². The van der Waals surface area contributed by atoms with Crippen LogP contribution < -0.4 is 0 Å². The molecule has 0 heterocycles. The fourth-order valence-electron chi connectivity index (χ4n) is 7.30. The van der Waals surface area contributed by atoms with Gasteiger partial charge in [-0.15, -0.1) is 0 Å². The van der Waals surface area contributed by atoms with Crippen LogP contribution in [0.15, 0.2) is 18.2 Å². The molecule has 0 spiro atoms. The van der Waals surface area contributed by atoms with Crippen LogP contribution in [-0.2, 0) is 20.9 Å². The summed E-state index contributed by atoms with van der Waals surface area (Å²) >= 11 is 0. The highest BCUT2D eigenvalue weighted by Crippen LogP contribution is 2.61. The number of phenolic OH excluding ortho intramolecular Hbond substituents is 1. The molecule has 1 aromatic carbocycles. The minimum Gasteiger partial charge on any atom is -0.508 e. The van der Waals surface area contributed by atoms with Crippen LogP contribution in [-0.4, -0.2) is 37.0 Å². The van der Waals surface area contributed by atoms with Gasteiger partial charge in [-0.05, 0) is 97.8 Å². The molecule has 192 valence electrons. The molecular weight excluding hydrogens is 446 g/mol. The second kappa shape index (κ2) is 10.9. The lowest BCUT2D eigenvalue weighted by Gasteiger charge is -2.50. The Balaban J connectivity index is 1.47. The van der Waals surface area contributed by atoms with Gasteiger partial charge in [-0.1, -0.05) is 52.5 Å². The number of benzene rings is 1. The molecule has 1 aromatic rings. The lowest BCUT2D eigenvalue weighted by Crippen LogP contribution is -2.46. The molecule has 0 bridgehead atoms. The minimum atomic E-state index is -3.73. The third-order valence-corrected chi connectivity index (χ3v) is 10.7. The molecule has 3 aliphatic carbocycles. The number of hydrogen-bond acceptors (Lipinski definition) is 4. The van der Waals surface area contributed by atoms with Crippen molar-refractivity contribution in [2.24, 2.45) is 17.3 Å². The van der Waals surface area contributed by atoms with E-state index in [1.165, 1.54) is 11.1 Å². The Morgan fingerprint density at radius 2 is 1.74 bits per heavy atom. The molecular formula is C28H45NO4S. The second-order valence-corrected chi connectivity index (χ2v) is 12.8. The molecule has 2 saturated carbocycles. The Morgan fingerprint density at radius 1 is 1.03 bits per heavy atom. The van der Waals surface area contributed by atoms with Crippen LogP contribution in [0, 0.1) is 17.3 Å². The summed E-state index contributed by atoms with van der Waals surface area (Å²) in [5, 5.41) is 9.92. The van der Waals surface area contributed by atoms with Gasteiger partial charge in [0.05, 0.1) is 6.10 Å². The molecule has 5 atom stereocenters. The van der Waals surface area contributed by atoms with Gasteiger partial charge in [-0.2, -0.15) is 12.7 Å². The first-order chi connectivity index (χ1) is 16.3. The predicted octanol–water partition coefficient (Wildman–Crippen LogP) is 6.56. The van der Waals surface area contributed by atoms with Crippen molar-refractivity contribution in [1.82, 2.24) is 4.31 Å². The molecule has 0 amide bonds. The van der Waals surface area contributed by atoms with Crippen LogP contribution in [0.5, 0.6) is 5.75 Å². The lowest BCUT2D eigenvalue weighted by atomic mass is 9.55. The Kier molecular flexibility index (Phi) is 8.31. The van der Waals surface area contributed by atoms with Gasteiger partial charge in [-0.25, -0.2) is 0 Å². The Labute approximate surface area is 207 Å². The zero-order valence-electron chi connectivity index (χ0n) is 21.5. The van der Waals surface area contributed by atoms with Crippen molar-refractivity contribution >= 4 is 10.3 Å². The van der Waals surface area contributed by atoms with Gasteiger partial charge in [0, 0.05) is 13.1 Å². The van der Waals surface area contributed by atoms with Gasteiger partial charge in [0.25, 0.3) is 0 Å². The second-order valence-electron chi connectivity index (χ2n) is 11.3. The van der Waals surface area contributed by atoms with Gasteiger partial charge in [-0.3, -0.25) is 4.18 Å². The van der Waals surface area contributed by atoms with E-state index in [9.17, 15) is 13.5 Å². The first kappa shape index (κ1) is 26.0. The molecule has 0 radical (unpaired) electrons. The molecule has 5 nitrogen and oxygen atoms in total. The summed E-state index contributed by atoms with van der Waals surface area (Å²) in [4.78, 5) is 0. The third kappa shape index (κ3) is 5.19. The Hall–Kier alpha value is -1.11. The summed E-state index contributed by atoms with van der Waals surface area (Å²) in [6.45, 7) is 7.73. The molecule has 6 heteroatoms. The number of phenols is 1. The highest BCUT2D eigenvalue weighted by molar-refractivity contribution is 7.84. The van der Waals surface area contributed by atoms with Gasteiger partial charge in [0.15, 0.2) is 0 Å². The molecule has 3 aliphatic rings. The number of nitrogens with zero attached hydrogens (tertiary/aromatic N) is 1. The van der Waals surface area contributed by atoms with E-state index in [-0.39, 0.29) is 11.5 Å². The van der Waals surface area contributed by atoms with Crippen LogP contribution in [0.2, 0.25) is 0 Å². The molecule has 2 fully saturated rings. The van der Waals surface area contributed by atoms with Crippen molar-refractivity contribution < 1.29 is 17.7 Å². The zero-order valence-corrected chi connectivity index (χ0v) is 22.3. The number of unbranched alkanes of at least 4 members (excludes halogenated alkanes) is 4. The summed E-state index contributed by atoms with van der Waals surface area (Å²) in [5.74, 6) is 1.97. The van der Waals surface area contributed by atoms with Crippen LogP contribution in [0.1, 0.15) is 108 Å². The lowest BCUT2D eigenvalue weighted by molar-refractivity contribution is -0.0111. The quantitative estimate of drug-likeness (QED) is 0.356. The normalized spacial score (nSPS) is 30.7. The van der Waals surface area contributed by atoms with Gasteiger partial charge in [0.1, 0.15) is 5.75 Å². The summed E-state index contributed by atoms with van der Waals surface area (Å²) in [5.41, 5.74) is 2.63. The summed E-state index contributed by atoms with van der Waals surface area (Å²) in [7, 11) is -3.73. The molecule has 0 aromatic heterocycles. The van der Waals surface area contributed by atoms with Crippen LogP contribution in [0.25, 0.3) is 0 Å². The maximum Gasteiger partial charge on any atom is 0.338 e. The monoisotopic (exact) mass is 491 g/mol. The number of aromatic hydroxyl groups is 1. The minimum absolute atomic E-state index is 0.0822. The summed E-state index contributed by atoms with van der Waals surface area (Å²) < 4.78 is 34.7. The van der Waals surface area contributed by atoms with Crippen LogP contribution >= 0.6 is 0 Å². The average molecular weight is 492 g/mol. The van der Waals surface area contributed by atoms with Crippen molar-refractivity contribution in [1.29, 1.82) is 0 Å². The molecule has 0 aliphatic heterocycles. The van der Waals surface area contributed by atoms with Crippen molar-refractivity contribution in [2.75, 3.05) is 13.1 Å². The number of fused-ring (bicyclic) bond motifs is 5. The first-order valence-electron chi connectivity index (χ1n) is 13.8. The van der Waals surface area contributed by atoms with Crippen molar-refractivity contribution in [2.45, 2.75) is 110 Å². The standard InChI is InChI=1S/C28H45NO4S/c1-4-6-8-18-29(19-9-7-5-2)34(31,32)33-27-15-14-26-25-12-10-21-20-22(30)11-13-23(21)24(25)16-17-28(26,27)3/h11,13,20,24-27,30H,4-10,12,14-19H2,1-3H3/t24?,25?,26?,27-,28+/m1/s1. The molecule has 3 unspecified atom stereocenters. The van der Waals surface area contributed by atoms with E-state index in [1.54, 1.807) is 4.31 Å². The molecule has 1 N–H and O–H groups in total. The van der Waals surface area contributed by atoms with Crippen LogP contribution in [0.4, 0.5) is 0 Å². The van der Waals surface area contributed by atoms with E-state index in [0.717, 1.165) is 77.0 Å². The Bertz CT molecular complexity index is 922. The van der Waals surface area contributed by atoms with Crippen LogP contribution in [0.3, 0.4) is 0 Å². The van der Waals surface area contributed by atoms with Crippen molar-refractivity contribution in [3.63, 3.8) is 0 Å². The fraction of sp³-hybridized carbons (Fsp3) is 0.786. The topological polar surface area (TPSA) is 66.8 Å². The number of hydrogen-bond donors (Lipinski definition) is 1. The van der Waals surface area contributed by atoms with E-state index in [2.05, 4.69) is 26.8 Å². The smallest absolute Gasteiger partial charge is 0.338 e. The number of aryl methyl sites for hydroxylation is 1. The van der Waals surface area contributed by atoms with E-state index >= 15 is 0 Å². The van der Waals surface area contributed by atoms with E-state index in [4.69, 9.17) is 4.18 Å². The molecule has 34 heavy (non-hydrogen) atoms. The Morgan fingerprint density at radius 3 is 2.41 bits per heavy atom. The molecule has 4 rings (SSSR count). The first-order valence-corrected chi connectivity index (χ1v) is 15.2. The largest absolute Gasteiger partial charge is 0.508 e. The maximum absolute atomic E-state index is 13.5. The van der Waals surface area contributed by atoms with Gasteiger partial charge in [0.2, 0.25) is 0 Å². The average Bonchev–Trinajstić information content (AvgIpc) is 3.13. The SMILES string of the molecule is CCCCCN(CCCCC)S(=O)(=O)O[C@@H]1CCC2C3CCc4cc(O)ccc4C3CC[C@@]21C. The predicted molar refractivity (Wildman–Crippen MR) is 137 cm³/mol. The number of rotatable bonds is 11. The molecule has 0 saturated heterocycles. The van der Waals surface area contributed by atoms with E-state index in [1.807, 2.05) is 12.1 Å². The van der Waals surface area contributed by atoms with Gasteiger partial charge >= 0.3 is 10.3 Å². The highest BCUT2D eigenvalue weighted by Gasteiger charge is 2.56. The van der Waals surface area contributed by atoms with Crippen molar-refractivity contribution in [3.05, 3.63) is 29.3 Å². The van der Waals surface area contributed by atoms with Crippen molar-refractivity contribution in [3.8, 4) is 5.75 Å². The summed E-state index contributed by atoms with van der Waals surface area (Å²) in [6, 6.07) is 5.90. The van der Waals surface area contributed by atoms with E-state index in [0.29, 0.717) is 36.6 Å². The van der Waals surface area contributed by atoms with Gasteiger partial charge < -0.3 is 5.11 Å². The fourth-order valence-corrected chi connectivity index (χ4v) is 8.73.